The predicted molar refractivity (Wildman–Crippen MR) is 83.4 cm³/mol. The summed E-state index contributed by atoms with van der Waals surface area (Å²) in [6.45, 7) is 4.04. The maximum Gasteiger partial charge on any atom is 0.231 e. The Kier molecular flexibility index (Phi) is 3.73. The first-order chi connectivity index (χ1) is 10.6. The second-order valence-corrected chi connectivity index (χ2v) is 6.24. The van der Waals surface area contributed by atoms with E-state index in [1.807, 2.05) is 19.9 Å². The highest BCUT2D eigenvalue weighted by atomic mass is 32.1. The lowest BCUT2D eigenvalue weighted by molar-refractivity contribution is -0.115. The molecule has 0 bridgehead atoms. The maximum atomic E-state index is 12.2. The second-order valence-electron chi connectivity index (χ2n) is 5.01. The van der Waals surface area contributed by atoms with Crippen molar-refractivity contribution >= 4 is 22.2 Å². The number of hydrogen-bond donors (Lipinski definition) is 1. The summed E-state index contributed by atoms with van der Waals surface area (Å²) in [5.41, 5.74) is 2.30. The van der Waals surface area contributed by atoms with Gasteiger partial charge in [0.25, 0.3) is 0 Å². The Balaban J connectivity index is 1.73. The summed E-state index contributed by atoms with van der Waals surface area (Å²) in [5, 5.41) is 12.6. The molecule has 112 valence electrons. The van der Waals surface area contributed by atoms with E-state index < -0.39 is 0 Å². The van der Waals surface area contributed by atoms with Gasteiger partial charge in [0.15, 0.2) is 11.5 Å². The highest BCUT2D eigenvalue weighted by Gasteiger charge is 2.17. The van der Waals surface area contributed by atoms with Gasteiger partial charge in [-0.15, -0.1) is 11.3 Å². The molecule has 2 heterocycles. The van der Waals surface area contributed by atoms with Crippen molar-refractivity contribution in [1.29, 1.82) is 5.26 Å². The fraction of sp³-hybridized carbons (Fsp3) is 0.250. The molecule has 1 aliphatic rings. The Morgan fingerprint density at radius 3 is 2.91 bits per heavy atom. The van der Waals surface area contributed by atoms with Crippen LogP contribution >= 0.6 is 11.3 Å². The molecule has 6 heteroatoms. The number of nitrogens with one attached hydrogen (secondary N) is 1. The molecule has 0 radical (unpaired) electrons. The average molecular weight is 314 g/mol. The average Bonchev–Trinajstić information content (AvgIpc) is 3.04. The number of nitriles is 1. The number of ether oxygens (including phenoxy) is 2. The van der Waals surface area contributed by atoms with Crippen molar-refractivity contribution in [3.05, 3.63) is 39.8 Å². The molecule has 3 rings (SSSR count). The normalized spacial score (nSPS) is 12.0. The van der Waals surface area contributed by atoms with Crippen LogP contribution in [0.25, 0.3) is 0 Å². The highest BCUT2D eigenvalue weighted by Crippen LogP contribution is 2.33. The summed E-state index contributed by atoms with van der Waals surface area (Å²) in [6.07, 6.45) is 0.220. The summed E-state index contributed by atoms with van der Waals surface area (Å²) < 4.78 is 10.5. The van der Waals surface area contributed by atoms with Gasteiger partial charge in [0.2, 0.25) is 12.7 Å². The molecule has 1 N–H and O–H groups in total. The van der Waals surface area contributed by atoms with E-state index in [-0.39, 0.29) is 19.1 Å². The molecule has 22 heavy (non-hydrogen) atoms. The lowest BCUT2D eigenvalue weighted by Gasteiger charge is -2.05. The minimum atomic E-state index is -0.156. The zero-order chi connectivity index (χ0) is 15.7. The number of thiophene rings is 1. The van der Waals surface area contributed by atoms with E-state index >= 15 is 0 Å². The van der Waals surface area contributed by atoms with Crippen molar-refractivity contribution in [2.45, 2.75) is 20.3 Å². The molecule has 0 fully saturated rings. The maximum absolute atomic E-state index is 12.2. The zero-order valence-corrected chi connectivity index (χ0v) is 13.0. The van der Waals surface area contributed by atoms with Crippen LogP contribution in [0.15, 0.2) is 18.2 Å². The third-order valence-electron chi connectivity index (χ3n) is 3.55. The van der Waals surface area contributed by atoms with Gasteiger partial charge >= 0.3 is 0 Å². The number of amides is 1. The first-order valence-electron chi connectivity index (χ1n) is 6.77. The predicted octanol–water partition coefficient (Wildman–Crippen LogP) is 3.15. The Hall–Kier alpha value is -2.52. The number of aryl methyl sites for hydroxylation is 1. The van der Waals surface area contributed by atoms with E-state index in [2.05, 4.69) is 11.4 Å². The van der Waals surface area contributed by atoms with Crippen LogP contribution in [0, 0.1) is 25.2 Å². The Morgan fingerprint density at radius 2 is 2.14 bits per heavy atom. The number of benzene rings is 1. The standard InChI is InChI=1S/C16H14N2O3S/c1-9-10(2)22-16(12(9)7-17)18-15(19)6-11-3-4-13-14(5-11)21-8-20-13/h3-5H,6,8H2,1-2H3,(H,18,19). The molecule has 1 aromatic carbocycles. The summed E-state index contributed by atoms with van der Waals surface area (Å²) in [4.78, 5) is 13.2. The topological polar surface area (TPSA) is 71.3 Å². The number of nitrogens with zero attached hydrogens (tertiary/aromatic N) is 1. The Labute approximate surface area is 132 Å². The molecular weight excluding hydrogens is 300 g/mol. The number of fused-ring (bicyclic) bond motifs is 1. The van der Waals surface area contributed by atoms with Crippen LogP contribution in [-0.4, -0.2) is 12.7 Å². The zero-order valence-electron chi connectivity index (χ0n) is 12.2. The first-order valence-corrected chi connectivity index (χ1v) is 7.58. The van der Waals surface area contributed by atoms with Crippen molar-refractivity contribution in [2.24, 2.45) is 0 Å². The summed E-state index contributed by atoms with van der Waals surface area (Å²) >= 11 is 1.43. The number of carbonyl (C=O) groups is 1. The fourth-order valence-electron chi connectivity index (χ4n) is 2.26. The van der Waals surface area contributed by atoms with E-state index in [0.29, 0.717) is 22.1 Å². The van der Waals surface area contributed by atoms with Gasteiger partial charge in [0.1, 0.15) is 11.1 Å². The minimum absolute atomic E-state index is 0.156. The molecule has 2 aromatic rings. The molecule has 0 saturated heterocycles. The first kappa shape index (κ1) is 14.4. The molecule has 0 saturated carbocycles. The Morgan fingerprint density at radius 1 is 1.36 bits per heavy atom. The second kappa shape index (κ2) is 5.70. The summed E-state index contributed by atoms with van der Waals surface area (Å²) in [6, 6.07) is 7.58. The quantitative estimate of drug-likeness (QED) is 0.944. The van der Waals surface area contributed by atoms with E-state index in [1.165, 1.54) is 11.3 Å². The molecule has 1 amide bonds. The van der Waals surface area contributed by atoms with Gasteiger partial charge in [-0.3, -0.25) is 4.79 Å². The molecule has 5 nitrogen and oxygen atoms in total. The molecule has 1 aliphatic heterocycles. The van der Waals surface area contributed by atoms with E-state index in [9.17, 15) is 10.1 Å². The smallest absolute Gasteiger partial charge is 0.231 e. The number of anilines is 1. The van der Waals surface area contributed by atoms with Gasteiger partial charge in [-0.1, -0.05) is 6.07 Å². The molecule has 0 aliphatic carbocycles. The molecule has 0 unspecified atom stereocenters. The van der Waals surface area contributed by atoms with E-state index in [1.54, 1.807) is 12.1 Å². The third kappa shape index (κ3) is 2.63. The van der Waals surface area contributed by atoms with Crippen LogP contribution in [0.4, 0.5) is 5.00 Å². The van der Waals surface area contributed by atoms with Crippen molar-refractivity contribution in [3.63, 3.8) is 0 Å². The van der Waals surface area contributed by atoms with Gasteiger partial charge in [0, 0.05) is 4.88 Å². The van der Waals surface area contributed by atoms with E-state index in [4.69, 9.17) is 9.47 Å². The lowest BCUT2D eigenvalue weighted by atomic mass is 10.1. The SMILES string of the molecule is Cc1sc(NC(=O)Cc2ccc3c(c2)OCO3)c(C#N)c1C. The highest BCUT2D eigenvalue weighted by molar-refractivity contribution is 7.16. The van der Waals surface area contributed by atoms with Crippen molar-refractivity contribution in [1.82, 2.24) is 0 Å². The van der Waals surface area contributed by atoms with Gasteiger partial charge in [-0.05, 0) is 37.1 Å². The molecule has 0 spiro atoms. The van der Waals surface area contributed by atoms with Crippen LogP contribution in [-0.2, 0) is 11.2 Å². The third-order valence-corrected chi connectivity index (χ3v) is 4.67. The van der Waals surface area contributed by atoms with Crippen LogP contribution in [0.2, 0.25) is 0 Å². The fourth-order valence-corrected chi connectivity index (χ4v) is 3.28. The number of carbonyl (C=O) groups excluding carboxylic acids is 1. The van der Waals surface area contributed by atoms with Crippen LogP contribution < -0.4 is 14.8 Å². The van der Waals surface area contributed by atoms with Crippen LogP contribution in [0.3, 0.4) is 0 Å². The van der Waals surface area contributed by atoms with Gasteiger partial charge in [0.05, 0.1) is 12.0 Å². The number of rotatable bonds is 3. The Bertz CT molecular complexity index is 789. The molecular formula is C16H14N2O3S. The van der Waals surface area contributed by atoms with Crippen molar-refractivity contribution in [3.8, 4) is 17.6 Å². The summed E-state index contributed by atoms with van der Waals surface area (Å²) in [5.74, 6) is 1.20. The van der Waals surface area contributed by atoms with Crippen LogP contribution in [0.1, 0.15) is 21.6 Å². The minimum Gasteiger partial charge on any atom is -0.454 e. The molecule has 1 aromatic heterocycles. The van der Waals surface area contributed by atoms with E-state index in [0.717, 1.165) is 16.0 Å². The van der Waals surface area contributed by atoms with Crippen molar-refractivity contribution in [2.75, 3.05) is 12.1 Å². The van der Waals surface area contributed by atoms with Gasteiger partial charge in [-0.25, -0.2) is 0 Å². The van der Waals surface area contributed by atoms with Crippen LogP contribution in [0.5, 0.6) is 11.5 Å². The molecule has 0 atom stereocenters. The lowest BCUT2D eigenvalue weighted by Crippen LogP contribution is -2.14. The largest absolute Gasteiger partial charge is 0.454 e. The van der Waals surface area contributed by atoms with Crippen molar-refractivity contribution < 1.29 is 14.3 Å². The summed E-state index contributed by atoms with van der Waals surface area (Å²) in [7, 11) is 0. The monoisotopic (exact) mass is 314 g/mol. The van der Waals surface area contributed by atoms with Gasteiger partial charge < -0.3 is 14.8 Å². The van der Waals surface area contributed by atoms with Gasteiger partial charge in [-0.2, -0.15) is 5.26 Å². The number of hydrogen-bond acceptors (Lipinski definition) is 5.